The third kappa shape index (κ3) is 7.10. The Morgan fingerprint density at radius 3 is 2.49 bits per heavy atom. The number of nitrogens with zero attached hydrogens (tertiary/aromatic N) is 2. The summed E-state index contributed by atoms with van der Waals surface area (Å²) in [5, 5.41) is 3.34. The number of amides is 2. The third-order valence-electron chi connectivity index (χ3n) is 7.16. The minimum atomic E-state index is -4.03. The number of hydrogen-bond donors (Lipinski definition) is 2. The Balaban J connectivity index is 1.79. The van der Waals surface area contributed by atoms with Crippen molar-refractivity contribution in [1.29, 1.82) is 0 Å². The molecule has 2 aromatic rings. The molecule has 212 valence electrons. The van der Waals surface area contributed by atoms with Crippen molar-refractivity contribution in [2.45, 2.75) is 63.1 Å². The Kier molecular flexibility index (Phi) is 10.2. The van der Waals surface area contributed by atoms with Crippen molar-refractivity contribution in [2.24, 2.45) is 0 Å². The second kappa shape index (κ2) is 13.4. The van der Waals surface area contributed by atoms with E-state index in [1.165, 1.54) is 23.1 Å². The van der Waals surface area contributed by atoms with Gasteiger partial charge in [0.2, 0.25) is 11.8 Å². The van der Waals surface area contributed by atoms with Crippen molar-refractivity contribution < 1.29 is 22.4 Å². The van der Waals surface area contributed by atoms with Crippen LogP contribution in [0.2, 0.25) is 5.02 Å². The molecule has 1 unspecified atom stereocenters. The van der Waals surface area contributed by atoms with E-state index in [0.717, 1.165) is 42.5 Å². The van der Waals surface area contributed by atoms with E-state index in [1.807, 2.05) is 0 Å². The van der Waals surface area contributed by atoms with Gasteiger partial charge in [0.15, 0.2) is 0 Å². The molecule has 1 saturated carbocycles. The van der Waals surface area contributed by atoms with Crippen LogP contribution in [0.25, 0.3) is 0 Å². The highest BCUT2D eigenvalue weighted by molar-refractivity contribution is 7.87. The molecular weight excluding hydrogens is 566 g/mol. The summed E-state index contributed by atoms with van der Waals surface area (Å²) in [6.07, 6.45) is 5.38. The van der Waals surface area contributed by atoms with Crippen LogP contribution in [-0.4, -0.2) is 55.6 Å². The monoisotopic (exact) mass is 598 g/mol. The van der Waals surface area contributed by atoms with Gasteiger partial charge in [-0.2, -0.15) is 12.7 Å². The first-order chi connectivity index (χ1) is 18.7. The first-order valence-electron chi connectivity index (χ1n) is 13.2. The number of benzene rings is 2. The van der Waals surface area contributed by atoms with Crippen LogP contribution in [0.4, 0.5) is 10.1 Å². The number of carbonyl (C=O) groups excluding carboxylic acids is 2. The molecule has 12 heteroatoms. The molecule has 4 rings (SSSR count). The second-order valence-corrected chi connectivity index (χ2v) is 12.3. The fraction of sp³-hybridized carbons (Fsp3) is 0.481. The van der Waals surface area contributed by atoms with Gasteiger partial charge in [0.25, 0.3) is 10.2 Å². The summed E-state index contributed by atoms with van der Waals surface area (Å²) in [7, 11) is -4.03. The van der Waals surface area contributed by atoms with Crippen molar-refractivity contribution in [3.05, 3.63) is 64.9 Å². The van der Waals surface area contributed by atoms with Crippen LogP contribution in [0.5, 0.6) is 0 Å². The Morgan fingerprint density at radius 2 is 1.79 bits per heavy atom. The van der Waals surface area contributed by atoms with Crippen molar-refractivity contribution >= 4 is 50.9 Å². The topological polar surface area (TPSA) is 98.8 Å². The zero-order chi connectivity index (χ0) is 28.0. The van der Waals surface area contributed by atoms with Gasteiger partial charge in [-0.1, -0.05) is 55.1 Å². The normalized spacial score (nSPS) is 19.5. The lowest BCUT2D eigenvalue weighted by Crippen LogP contribution is -2.54. The first-order valence-corrected chi connectivity index (χ1v) is 15.5. The first kappa shape index (κ1) is 29.7. The van der Waals surface area contributed by atoms with E-state index in [9.17, 15) is 22.4 Å². The molecule has 1 aliphatic heterocycles. The van der Waals surface area contributed by atoms with Gasteiger partial charge in [-0.3, -0.25) is 14.5 Å². The van der Waals surface area contributed by atoms with E-state index in [2.05, 4.69) is 10.0 Å². The Hall–Kier alpha value is -2.24. The van der Waals surface area contributed by atoms with Crippen molar-refractivity contribution in [2.75, 3.05) is 23.9 Å². The molecule has 1 saturated heterocycles. The summed E-state index contributed by atoms with van der Waals surface area (Å²) in [4.78, 5) is 29.5. The second-order valence-electron chi connectivity index (χ2n) is 9.81. The van der Waals surface area contributed by atoms with E-state index in [-0.39, 0.29) is 42.1 Å². The minimum Gasteiger partial charge on any atom is -0.351 e. The summed E-state index contributed by atoms with van der Waals surface area (Å²) in [5.41, 5.74) is 0.486. The SMILES string of the molecule is O=C(NC1CCCCC1)[C@H](c1ccccc1Cl)N(C(=O)C1CCCN1S(=O)(=O)NCCCl)c1cccc(F)c1. The van der Waals surface area contributed by atoms with Crippen LogP contribution >= 0.6 is 23.2 Å². The molecule has 2 aromatic carbocycles. The van der Waals surface area contributed by atoms with E-state index in [1.54, 1.807) is 24.3 Å². The van der Waals surface area contributed by atoms with Crippen LogP contribution in [-0.2, 0) is 19.8 Å². The molecule has 2 N–H and O–H groups in total. The van der Waals surface area contributed by atoms with Gasteiger partial charge in [-0.05, 0) is 49.9 Å². The molecule has 2 aliphatic rings. The van der Waals surface area contributed by atoms with Crippen LogP contribution in [0.1, 0.15) is 56.6 Å². The van der Waals surface area contributed by atoms with Gasteiger partial charge >= 0.3 is 0 Å². The standard InChI is InChI=1S/C27H33Cl2FN4O4S/c28-15-16-31-39(37,38)33-17-7-14-24(33)27(36)34(21-11-6-8-19(30)18-21)25(22-12-4-5-13-23(22)29)26(35)32-20-9-2-1-3-10-20/h4-6,8,11-13,18,20,24-25,31H,1-3,7,9-10,14-17H2,(H,32,35)/t24?,25-/m0/s1. The lowest BCUT2D eigenvalue weighted by molar-refractivity contribution is -0.128. The van der Waals surface area contributed by atoms with Gasteiger partial charge in [0.1, 0.15) is 17.9 Å². The highest BCUT2D eigenvalue weighted by Crippen LogP contribution is 2.35. The fourth-order valence-electron chi connectivity index (χ4n) is 5.34. The molecular formula is C27H33Cl2FN4O4S. The molecule has 2 fully saturated rings. The number of hydrogen-bond acceptors (Lipinski definition) is 4. The van der Waals surface area contributed by atoms with E-state index < -0.39 is 39.9 Å². The van der Waals surface area contributed by atoms with Crippen LogP contribution in [0.3, 0.4) is 0 Å². The summed E-state index contributed by atoms with van der Waals surface area (Å²) in [6.45, 7) is 0.122. The third-order valence-corrected chi connectivity index (χ3v) is 9.31. The number of halogens is 3. The number of anilines is 1. The van der Waals surface area contributed by atoms with Crippen LogP contribution in [0, 0.1) is 5.82 Å². The summed E-state index contributed by atoms with van der Waals surface area (Å²) >= 11 is 12.3. The zero-order valence-electron chi connectivity index (χ0n) is 21.5. The van der Waals surface area contributed by atoms with Crippen molar-refractivity contribution in [3.63, 3.8) is 0 Å². The number of carbonyl (C=O) groups is 2. The number of nitrogens with one attached hydrogen (secondary N) is 2. The quantitative estimate of drug-likeness (QED) is 0.392. The maximum absolute atomic E-state index is 14.5. The number of rotatable bonds is 10. The largest absolute Gasteiger partial charge is 0.351 e. The van der Waals surface area contributed by atoms with Gasteiger partial charge in [-0.15, -0.1) is 11.6 Å². The molecule has 0 aromatic heterocycles. The lowest BCUT2D eigenvalue weighted by atomic mass is 9.94. The lowest BCUT2D eigenvalue weighted by Gasteiger charge is -2.36. The average molecular weight is 600 g/mol. The predicted molar refractivity (Wildman–Crippen MR) is 150 cm³/mol. The average Bonchev–Trinajstić information content (AvgIpc) is 3.43. The van der Waals surface area contributed by atoms with E-state index in [4.69, 9.17) is 23.2 Å². The maximum atomic E-state index is 14.5. The van der Waals surface area contributed by atoms with Gasteiger partial charge in [0.05, 0.1) is 0 Å². The highest BCUT2D eigenvalue weighted by atomic mass is 35.5. The van der Waals surface area contributed by atoms with E-state index >= 15 is 0 Å². The molecule has 2 amide bonds. The van der Waals surface area contributed by atoms with Crippen LogP contribution < -0.4 is 14.9 Å². The Bertz CT molecular complexity index is 1280. The molecule has 39 heavy (non-hydrogen) atoms. The zero-order valence-corrected chi connectivity index (χ0v) is 23.8. The minimum absolute atomic E-state index is 0.000945. The Labute approximate surface area is 239 Å². The van der Waals surface area contributed by atoms with Gasteiger partial charge in [-0.25, -0.2) is 9.11 Å². The van der Waals surface area contributed by atoms with Crippen LogP contribution in [0.15, 0.2) is 48.5 Å². The molecule has 0 bridgehead atoms. The predicted octanol–water partition coefficient (Wildman–Crippen LogP) is 4.54. The molecule has 0 spiro atoms. The highest BCUT2D eigenvalue weighted by Gasteiger charge is 2.44. The summed E-state index contributed by atoms with van der Waals surface area (Å²) < 4.78 is 44.1. The van der Waals surface area contributed by atoms with Gasteiger partial charge < -0.3 is 5.32 Å². The molecule has 1 heterocycles. The van der Waals surface area contributed by atoms with Crippen molar-refractivity contribution in [1.82, 2.24) is 14.3 Å². The summed E-state index contributed by atoms with van der Waals surface area (Å²) in [5.74, 6) is -1.63. The fourth-order valence-corrected chi connectivity index (χ4v) is 7.21. The molecule has 8 nitrogen and oxygen atoms in total. The maximum Gasteiger partial charge on any atom is 0.280 e. The van der Waals surface area contributed by atoms with Gasteiger partial charge in [0, 0.05) is 41.3 Å². The summed E-state index contributed by atoms with van der Waals surface area (Å²) in [6, 6.07) is 9.64. The smallest absolute Gasteiger partial charge is 0.280 e. The molecule has 1 aliphatic carbocycles. The number of alkyl halides is 1. The van der Waals surface area contributed by atoms with Crippen molar-refractivity contribution in [3.8, 4) is 0 Å². The Morgan fingerprint density at radius 1 is 1.05 bits per heavy atom. The van der Waals surface area contributed by atoms with E-state index in [0.29, 0.717) is 12.0 Å². The molecule has 0 radical (unpaired) electrons. The molecule has 2 atom stereocenters.